The molecule has 32 heavy (non-hydrogen) atoms. The molecular formula is C24H29N5O3. The second-order valence-corrected chi connectivity index (χ2v) is 8.53. The Bertz CT molecular complexity index is 1100. The molecular weight excluding hydrogens is 406 g/mol. The molecule has 3 heterocycles. The van der Waals surface area contributed by atoms with E-state index in [-0.39, 0.29) is 17.7 Å². The number of nitrogens with zero attached hydrogens (tertiary/aromatic N) is 4. The summed E-state index contributed by atoms with van der Waals surface area (Å²) >= 11 is 0. The van der Waals surface area contributed by atoms with E-state index >= 15 is 0 Å². The van der Waals surface area contributed by atoms with Gasteiger partial charge in [-0.2, -0.15) is 0 Å². The maximum atomic E-state index is 13.4. The summed E-state index contributed by atoms with van der Waals surface area (Å²) in [4.78, 5) is 34.1. The molecule has 1 fully saturated rings. The summed E-state index contributed by atoms with van der Waals surface area (Å²) in [5.74, 6) is 0.118. The zero-order valence-corrected chi connectivity index (χ0v) is 18.8. The Kier molecular flexibility index (Phi) is 6.50. The molecule has 4 rings (SSSR count). The lowest BCUT2D eigenvalue weighted by atomic mass is 10.0. The van der Waals surface area contributed by atoms with Gasteiger partial charge in [-0.25, -0.2) is 4.98 Å². The lowest BCUT2D eigenvalue weighted by Crippen LogP contribution is -2.51. The highest BCUT2D eigenvalue weighted by atomic mass is 16.5. The molecule has 8 nitrogen and oxygen atoms in total. The Morgan fingerprint density at radius 2 is 1.84 bits per heavy atom. The molecule has 1 aliphatic rings. The summed E-state index contributed by atoms with van der Waals surface area (Å²) in [5, 5.41) is 7.65. The molecule has 0 saturated carbocycles. The van der Waals surface area contributed by atoms with Crippen LogP contribution in [-0.4, -0.2) is 64.5 Å². The van der Waals surface area contributed by atoms with E-state index in [0.29, 0.717) is 61.6 Å². The standard InChI is InChI=1S/C24H29N5O3/c1-16(2)20-13-19(22-17(3)27-32-23(22)26-20)24(31)29-11-9-28(10-12-29)15-21(30)25-14-18-7-5-4-6-8-18/h4-8,13,16H,9-12,14-15H2,1-3H3,(H,25,30). The van der Waals surface area contributed by atoms with Crippen LogP contribution in [0.1, 0.15) is 47.1 Å². The molecule has 0 spiro atoms. The quantitative estimate of drug-likeness (QED) is 0.640. The number of fused-ring (bicyclic) bond motifs is 1. The van der Waals surface area contributed by atoms with E-state index in [2.05, 4.69) is 20.4 Å². The van der Waals surface area contributed by atoms with Crippen LogP contribution in [0.5, 0.6) is 0 Å². The van der Waals surface area contributed by atoms with Gasteiger partial charge >= 0.3 is 0 Å². The van der Waals surface area contributed by atoms with Gasteiger partial charge in [-0.1, -0.05) is 49.3 Å². The van der Waals surface area contributed by atoms with Crippen LogP contribution >= 0.6 is 0 Å². The van der Waals surface area contributed by atoms with Crippen molar-refractivity contribution in [1.82, 2.24) is 25.3 Å². The van der Waals surface area contributed by atoms with Crippen LogP contribution in [0.3, 0.4) is 0 Å². The van der Waals surface area contributed by atoms with Crippen molar-refractivity contribution in [3.8, 4) is 0 Å². The Hall–Kier alpha value is -3.26. The Morgan fingerprint density at radius 3 is 2.53 bits per heavy atom. The van der Waals surface area contributed by atoms with Crippen molar-refractivity contribution in [1.29, 1.82) is 0 Å². The third-order valence-electron chi connectivity index (χ3n) is 5.82. The van der Waals surface area contributed by atoms with E-state index in [9.17, 15) is 9.59 Å². The first-order valence-corrected chi connectivity index (χ1v) is 11.0. The van der Waals surface area contributed by atoms with Crippen LogP contribution in [0, 0.1) is 6.92 Å². The number of amides is 2. The second kappa shape index (κ2) is 9.48. The predicted molar refractivity (Wildman–Crippen MR) is 121 cm³/mol. The van der Waals surface area contributed by atoms with Gasteiger partial charge in [0.1, 0.15) is 0 Å². The van der Waals surface area contributed by atoms with Crippen LogP contribution in [0.4, 0.5) is 0 Å². The van der Waals surface area contributed by atoms with Crippen molar-refractivity contribution in [2.75, 3.05) is 32.7 Å². The van der Waals surface area contributed by atoms with Gasteiger partial charge in [0.25, 0.3) is 11.6 Å². The van der Waals surface area contributed by atoms with Crippen molar-refractivity contribution in [3.63, 3.8) is 0 Å². The summed E-state index contributed by atoms with van der Waals surface area (Å²) < 4.78 is 5.35. The minimum absolute atomic E-state index is 0.00820. The molecule has 168 valence electrons. The number of carbonyl (C=O) groups is 2. The molecule has 2 aromatic heterocycles. The molecule has 0 unspecified atom stereocenters. The van der Waals surface area contributed by atoms with Gasteiger partial charge in [0.15, 0.2) is 0 Å². The van der Waals surface area contributed by atoms with Crippen LogP contribution in [-0.2, 0) is 11.3 Å². The molecule has 1 N–H and O–H groups in total. The minimum Gasteiger partial charge on any atom is -0.351 e. The number of pyridine rings is 1. The smallest absolute Gasteiger partial charge is 0.259 e. The van der Waals surface area contributed by atoms with Crippen molar-refractivity contribution >= 4 is 22.9 Å². The average Bonchev–Trinajstić information content (AvgIpc) is 3.18. The van der Waals surface area contributed by atoms with Crippen molar-refractivity contribution in [2.24, 2.45) is 0 Å². The minimum atomic E-state index is -0.0428. The summed E-state index contributed by atoms with van der Waals surface area (Å²) in [7, 11) is 0. The van der Waals surface area contributed by atoms with Crippen LogP contribution in [0.2, 0.25) is 0 Å². The first-order chi connectivity index (χ1) is 15.4. The molecule has 3 aromatic rings. The highest BCUT2D eigenvalue weighted by Gasteiger charge is 2.27. The fourth-order valence-electron chi connectivity index (χ4n) is 3.91. The van der Waals surface area contributed by atoms with E-state index in [1.54, 1.807) is 0 Å². The van der Waals surface area contributed by atoms with Gasteiger partial charge in [0, 0.05) is 38.4 Å². The molecule has 1 aromatic carbocycles. The number of rotatable bonds is 6. The first-order valence-electron chi connectivity index (χ1n) is 11.0. The number of carbonyl (C=O) groups excluding carboxylic acids is 2. The molecule has 0 aliphatic carbocycles. The zero-order chi connectivity index (χ0) is 22.7. The third kappa shape index (κ3) is 4.80. The van der Waals surface area contributed by atoms with E-state index in [4.69, 9.17) is 4.52 Å². The molecule has 1 aliphatic heterocycles. The van der Waals surface area contributed by atoms with Crippen molar-refractivity contribution in [2.45, 2.75) is 33.2 Å². The Labute approximate surface area is 187 Å². The number of benzene rings is 1. The second-order valence-electron chi connectivity index (χ2n) is 8.53. The van der Waals surface area contributed by atoms with Crippen molar-refractivity contribution < 1.29 is 14.1 Å². The lowest BCUT2D eigenvalue weighted by Gasteiger charge is -2.34. The Balaban J connectivity index is 1.37. The normalized spacial score (nSPS) is 14.8. The highest BCUT2D eigenvalue weighted by Crippen LogP contribution is 2.26. The highest BCUT2D eigenvalue weighted by molar-refractivity contribution is 6.06. The Morgan fingerprint density at radius 1 is 1.12 bits per heavy atom. The first kappa shape index (κ1) is 22.0. The molecule has 2 amide bonds. The van der Waals surface area contributed by atoms with Crippen LogP contribution in [0.15, 0.2) is 40.9 Å². The summed E-state index contributed by atoms with van der Waals surface area (Å²) in [6.45, 7) is 9.18. The molecule has 0 atom stereocenters. The summed E-state index contributed by atoms with van der Waals surface area (Å²) in [6.07, 6.45) is 0. The molecule has 8 heteroatoms. The van der Waals surface area contributed by atoms with Gasteiger partial charge in [-0.3, -0.25) is 14.5 Å². The van der Waals surface area contributed by atoms with Crippen LogP contribution < -0.4 is 5.32 Å². The summed E-state index contributed by atoms with van der Waals surface area (Å²) in [6, 6.07) is 11.7. The van der Waals surface area contributed by atoms with Gasteiger partial charge in [0.05, 0.1) is 23.2 Å². The third-order valence-corrected chi connectivity index (χ3v) is 5.82. The van der Waals surface area contributed by atoms with Gasteiger partial charge in [0.2, 0.25) is 5.91 Å². The molecule has 0 radical (unpaired) electrons. The average molecular weight is 436 g/mol. The van der Waals surface area contributed by atoms with E-state index in [1.807, 2.05) is 62.1 Å². The predicted octanol–water partition coefficient (Wildman–Crippen LogP) is 2.73. The topological polar surface area (TPSA) is 91.6 Å². The van der Waals surface area contributed by atoms with E-state index < -0.39 is 0 Å². The number of piperazine rings is 1. The summed E-state index contributed by atoms with van der Waals surface area (Å²) in [5.41, 5.74) is 3.55. The molecule has 0 bridgehead atoms. The number of hydrogen-bond acceptors (Lipinski definition) is 6. The van der Waals surface area contributed by atoms with E-state index in [0.717, 1.165) is 11.3 Å². The van der Waals surface area contributed by atoms with Crippen molar-refractivity contribution in [3.05, 3.63) is 58.9 Å². The maximum absolute atomic E-state index is 13.4. The van der Waals surface area contributed by atoms with Gasteiger partial charge in [-0.15, -0.1) is 0 Å². The number of aryl methyl sites for hydroxylation is 1. The monoisotopic (exact) mass is 435 g/mol. The lowest BCUT2D eigenvalue weighted by molar-refractivity contribution is -0.122. The fourth-order valence-corrected chi connectivity index (χ4v) is 3.91. The SMILES string of the molecule is Cc1noc2nc(C(C)C)cc(C(=O)N3CCN(CC(=O)NCc4ccccc4)CC3)c12. The fraction of sp³-hybridized carbons (Fsp3) is 0.417. The van der Waals surface area contributed by atoms with E-state index in [1.165, 1.54) is 0 Å². The number of aromatic nitrogens is 2. The number of hydrogen-bond donors (Lipinski definition) is 1. The van der Waals surface area contributed by atoms with Crippen LogP contribution in [0.25, 0.3) is 11.1 Å². The van der Waals surface area contributed by atoms with Gasteiger partial charge in [-0.05, 0) is 24.5 Å². The maximum Gasteiger partial charge on any atom is 0.259 e. The molecule has 1 saturated heterocycles. The largest absolute Gasteiger partial charge is 0.351 e. The number of nitrogens with one attached hydrogen (secondary N) is 1. The van der Waals surface area contributed by atoms with Gasteiger partial charge < -0.3 is 14.7 Å². The zero-order valence-electron chi connectivity index (χ0n) is 18.8.